The number of amides is 2. The molecule has 2 aromatic carbocycles. The SMILES string of the molecule is O=C(CCNC(=O)c1ccc([N+](=O)[O-])cc1)N[C@H]1CCO[C@H](c2ccc(F)cc2)C1. The zero-order valence-electron chi connectivity index (χ0n) is 16.2. The highest BCUT2D eigenvalue weighted by molar-refractivity contribution is 5.94. The number of nitrogens with zero attached hydrogens (tertiary/aromatic N) is 1. The van der Waals surface area contributed by atoms with Gasteiger partial charge in [0.2, 0.25) is 5.91 Å². The van der Waals surface area contributed by atoms with Crippen molar-refractivity contribution in [2.75, 3.05) is 13.2 Å². The van der Waals surface area contributed by atoms with Crippen molar-refractivity contribution in [3.8, 4) is 0 Å². The molecule has 158 valence electrons. The van der Waals surface area contributed by atoms with Crippen molar-refractivity contribution in [2.24, 2.45) is 0 Å². The topological polar surface area (TPSA) is 111 Å². The Kier molecular flexibility index (Phi) is 7.08. The zero-order chi connectivity index (χ0) is 21.5. The van der Waals surface area contributed by atoms with Gasteiger partial charge in [-0.05, 0) is 42.7 Å². The molecule has 2 atom stereocenters. The van der Waals surface area contributed by atoms with Gasteiger partial charge in [-0.1, -0.05) is 12.1 Å². The average Bonchev–Trinajstić information content (AvgIpc) is 2.74. The normalized spacial score (nSPS) is 18.4. The number of carbonyl (C=O) groups excluding carboxylic acids is 2. The van der Waals surface area contributed by atoms with Crippen LogP contribution >= 0.6 is 0 Å². The number of hydrogen-bond acceptors (Lipinski definition) is 5. The van der Waals surface area contributed by atoms with Crippen molar-refractivity contribution in [2.45, 2.75) is 31.4 Å². The lowest BCUT2D eigenvalue weighted by molar-refractivity contribution is -0.384. The number of nitrogens with one attached hydrogen (secondary N) is 2. The Labute approximate surface area is 172 Å². The summed E-state index contributed by atoms with van der Waals surface area (Å²) in [6.45, 7) is 0.635. The number of rotatable bonds is 7. The van der Waals surface area contributed by atoms with Crippen molar-refractivity contribution in [1.82, 2.24) is 10.6 Å². The number of nitro benzene ring substituents is 1. The summed E-state index contributed by atoms with van der Waals surface area (Å²) >= 11 is 0. The van der Waals surface area contributed by atoms with Crippen LogP contribution in [0.4, 0.5) is 10.1 Å². The fourth-order valence-corrected chi connectivity index (χ4v) is 3.26. The zero-order valence-corrected chi connectivity index (χ0v) is 16.2. The maximum Gasteiger partial charge on any atom is 0.269 e. The van der Waals surface area contributed by atoms with Crippen LogP contribution in [0.5, 0.6) is 0 Å². The number of carbonyl (C=O) groups is 2. The van der Waals surface area contributed by atoms with E-state index in [0.29, 0.717) is 19.4 Å². The molecule has 3 rings (SSSR count). The molecule has 1 aliphatic heterocycles. The van der Waals surface area contributed by atoms with Crippen molar-refractivity contribution in [1.29, 1.82) is 0 Å². The van der Waals surface area contributed by atoms with Crippen LogP contribution in [0, 0.1) is 15.9 Å². The van der Waals surface area contributed by atoms with E-state index in [9.17, 15) is 24.1 Å². The second kappa shape index (κ2) is 9.93. The van der Waals surface area contributed by atoms with E-state index in [-0.39, 0.29) is 48.1 Å². The van der Waals surface area contributed by atoms with Gasteiger partial charge in [0.25, 0.3) is 11.6 Å². The van der Waals surface area contributed by atoms with Crippen LogP contribution in [0.25, 0.3) is 0 Å². The van der Waals surface area contributed by atoms with Gasteiger partial charge >= 0.3 is 0 Å². The molecular weight excluding hydrogens is 393 g/mol. The molecule has 0 saturated carbocycles. The largest absolute Gasteiger partial charge is 0.373 e. The van der Waals surface area contributed by atoms with E-state index in [1.54, 1.807) is 12.1 Å². The minimum absolute atomic E-state index is 0.0633. The quantitative estimate of drug-likeness (QED) is 0.534. The summed E-state index contributed by atoms with van der Waals surface area (Å²) in [5, 5.41) is 16.2. The van der Waals surface area contributed by atoms with Crippen molar-refractivity contribution >= 4 is 17.5 Å². The van der Waals surface area contributed by atoms with Crippen molar-refractivity contribution < 1.29 is 23.6 Å². The number of ether oxygens (including phenoxy) is 1. The molecule has 2 amide bonds. The van der Waals surface area contributed by atoms with E-state index in [0.717, 1.165) is 5.56 Å². The highest BCUT2D eigenvalue weighted by atomic mass is 19.1. The van der Waals surface area contributed by atoms with Gasteiger partial charge in [-0.25, -0.2) is 4.39 Å². The maximum absolute atomic E-state index is 13.1. The standard InChI is InChI=1S/C21H22FN3O5/c22-16-5-1-14(2-6-16)19-13-17(10-12-30-19)24-20(26)9-11-23-21(27)15-3-7-18(8-4-15)25(28)29/h1-8,17,19H,9-13H2,(H,23,27)(H,24,26)/t17-,19-/m0/s1. The second-order valence-electron chi connectivity index (χ2n) is 7.01. The third kappa shape index (κ3) is 5.84. The van der Waals surface area contributed by atoms with Crippen LogP contribution in [0.1, 0.15) is 41.3 Å². The van der Waals surface area contributed by atoms with E-state index in [4.69, 9.17) is 4.74 Å². The van der Waals surface area contributed by atoms with E-state index < -0.39 is 10.8 Å². The Morgan fingerprint density at radius 1 is 1.13 bits per heavy atom. The summed E-state index contributed by atoms with van der Waals surface area (Å²) < 4.78 is 18.8. The Hall–Kier alpha value is -3.33. The number of benzene rings is 2. The predicted octanol–water partition coefficient (Wildman–Crippen LogP) is 2.89. The van der Waals surface area contributed by atoms with Crippen LogP contribution in [0.15, 0.2) is 48.5 Å². The first kappa shape index (κ1) is 21.4. The fourth-order valence-electron chi connectivity index (χ4n) is 3.26. The predicted molar refractivity (Wildman–Crippen MR) is 106 cm³/mol. The van der Waals surface area contributed by atoms with Gasteiger partial charge in [0.15, 0.2) is 0 Å². The molecule has 1 heterocycles. The van der Waals surface area contributed by atoms with Gasteiger partial charge in [0.1, 0.15) is 5.82 Å². The van der Waals surface area contributed by atoms with Gasteiger partial charge in [-0.2, -0.15) is 0 Å². The van der Waals surface area contributed by atoms with E-state index in [2.05, 4.69) is 10.6 Å². The van der Waals surface area contributed by atoms with Gasteiger partial charge in [0, 0.05) is 43.3 Å². The van der Waals surface area contributed by atoms with Crippen LogP contribution in [0.3, 0.4) is 0 Å². The lowest BCUT2D eigenvalue weighted by Crippen LogP contribution is -2.41. The van der Waals surface area contributed by atoms with Gasteiger partial charge in [-0.15, -0.1) is 0 Å². The van der Waals surface area contributed by atoms with Gasteiger partial charge in [-0.3, -0.25) is 19.7 Å². The smallest absolute Gasteiger partial charge is 0.269 e. The molecule has 0 bridgehead atoms. The first-order chi connectivity index (χ1) is 14.4. The Bertz CT molecular complexity index is 902. The molecule has 2 aromatic rings. The van der Waals surface area contributed by atoms with E-state index in [1.807, 2.05) is 0 Å². The second-order valence-corrected chi connectivity index (χ2v) is 7.01. The highest BCUT2D eigenvalue weighted by Crippen LogP contribution is 2.28. The summed E-state index contributed by atoms with van der Waals surface area (Å²) in [6.07, 6.45) is 1.18. The lowest BCUT2D eigenvalue weighted by Gasteiger charge is -2.30. The van der Waals surface area contributed by atoms with Gasteiger partial charge < -0.3 is 15.4 Å². The molecular formula is C21H22FN3O5. The molecule has 1 aliphatic rings. The molecule has 0 aliphatic carbocycles. The van der Waals surface area contributed by atoms with Crippen molar-refractivity contribution in [3.63, 3.8) is 0 Å². The lowest BCUT2D eigenvalue weighted by atomic mass is 9.97. The number of halogens is 1. The van der Waals surface area contributed by atoms with E-state index >= 15 is 0 Å². The summed E-state index contributed by atoms with van der Waals surface area (Å²) in [4.78, 5) is 34.4. The van der Waals surface area contributed by atoms with Crippen LogP contribution < -0.4 is 10.6 Å². The first-order valence-corrected chi connectivity index (χ1v) is 9.61. The number of hydrogen-bond donors (Lipinski definition) is 2. The molecule has 0 spiro atoms. The Morgan fingerprint density at radius 3 is 2.50 bits per heavy atom. The molecule has 1 saturated heterocycles. The molecule has 0 aromatic heterocycles. The monoisotopic (exact) mass is 415 g/mol. The maximum atomic E-state index is 13.1. The third-order valence-corrected chi connectivity index (χ3v) is 4.87. The van der Waals surface area contributed by atoms with E-state index in [1.165, 1.54) is 36.4 Å². The summed E-state index contributed by atoms with van der Waals surface area (Å²) in [5.74, 6) is -0.904. The highest BCUT2D eigenvalue weighted by Gasteiger charge is 2.25. The Balaban J connectivity index is 1.42. The molecule has 1 fully saturated rings. The summed E-state index contributed by atoms with van der Waals surface area (Å²) in [5.41, 5.74) is 1.06. The third-order valence-electron chi connectivity index (χ3n) is 4.87. The average molecular weight is 415 g/mol. The molecule has 2 N–H and O–H groups in total. The van der Waals surface area contributed by atoms with Crippen LogP contribution in [0.2, 0.25) is 0 Å². The summed E-state index contributed by atoms with van der Waals surface area (Å²) in [7, 11) is 0. The molecule has 8 nitrogen and oxygen atoms in total. The number of non-ortho nitro benzene ring substituents is 1. The van der Waals surface area contributed by atoms with Crippen molar-refractivity contribution in [3.05, 3.63) is 75.6 Å². The van der Waals surface area contributed by atoms with Gasteiger partial charge in [0.05, 0.1) is 11.0 Å². The molecule has 30 heavy (non-hydrogen) atoms. The molecule has 0 unspecified atom stereocenters. The first-order valence-electron chi connectivity index (χ1n) is 9.61. The van der Waals surface area contributed by atoms with Crippen LogP contribution in [-0.4, -0.2) is 35.9 Å². The minimum atomic E-state index is -0.539. The summed E-state index contributed by atoms with van der Waals surface area (Å²) in [6, 6.07) is 11.3. The fraction of sp³-hybridized carbons (Fsp3) is 0.333. The molecule has 0 radical (unpaired) electrons. The Morgan fingerprint density at radius 2 is 1.83 bits per heavy atom. The number of nitro groups is 1. The van der Waals surface area contributed by atoms with Crippen LogP contribution in [-0.2, 0) is 9.53 Å². The molecule has 9 heteroatoms. The minimum Gasteiger partial charge on any atom is -0.373 e.